The van der Waals surface area contributed by atoms with Crippen molar-refractivity contribution in [1.82, 2.24) is 0 Å². The Kier molecular flexibility index (Phi) is 6.33. The van der Waals surface area contributed by atoms with E-state index in [0.717, 1.165) is 5.56 Å². The van der Waals surface area contributed by atoms with E-state index in [9.17, 15) is 18.0 Å². The first-order valence-corrected chi connectivity index (χ1v) is 13.2. The highest BCUT2D eigenvalue weighted by Crippen LogP contribution is 2.35. The molecule has 2 heterocycles. The molecule has 0 unspecified atom stereocenters. The van der Waals surface area contributed by atoms with Gasteiger partial charge in [-0.1, -0.05) is 41.6 Å². The van der Waals surface area contributed by atoms with E-state index in [-0.39, 0.29) is 41.0 Å². The third-order valence-electron chi connectivity index (χ3n) is 5.51. The molecule has 1 saturated heterocycles. The predicted octanol–water partition coefficient (Wildman–Crippen LogP) is 3.56. The van der Waals surface area contributed by atoms with Crippen molar-refractivity contribution >= 4 is 61.4 Å². The van der Waals surface area contributed by atoms with Crippen molar-refractivity contribution in [2.45, 2.75) is 25.9 Å². The van der Waals surface area contributed by atoms with Gasteiger partial charge in [0.2, 0.25) is 5.91 Å². The number of amides is 1. The van der Waals surface area contributed by atoms with Crippen LogP contribution in [0.1, 0.15) is 22.8 Å². The number of nitrogens with one attached hydrogen (secondary N) is 1. The Morgan fingerprint density at radius 1 is 1.22 bits per heavy atom. The van der Waals surface area contributed by atoms with Gasteiger partial charge in [-0.05, 0) is 43.7 Å². The molecular formula is C22H22ClN3O4S2. The first-order valence-electron chi connectivity index (χ1n) is 10.0. The second-order valence-corrected chi connectivity index (χ2v) is 11.4. The van der Waals surface area contributed by atoms with Crippen LogP contribution in [0.2, 0.25) is 5.02 Å². The number of aliphatic imine (C=N–C) groups is 1. The Bertz CT molecular complexity index is 1230. The number of hydrogen-bond acceptors (Lipinski definition) is 7. The molecule has 2 aromatic carbocycles. The van der Waals surface area contributed by atoms with Crippen LogP contribution < -0.4 is 10.2 Å². The molecule has 0 saturated carbocycles. The van der Waals surface area contributed by atoms with E-state index in [0.29, 0.717) is 27.1 Å². The van der Waals surface area contributed by atoms with Crippen LogP contribution in [-0.2, 0) is 14.6 Å². The molecule has 2 aliphatic heterocycles. The Labute approximate surface area is 196 Å². The quantitative estimate of drug-likeness (QED) is 0.642. The fraction of sp³-hybridized carbons (Fsp3) is 0.318. The molecule has 1 N–H and O–H groups in total. The minimum atomic E-state index is -3.19. The van der Waals surface area contributed by atoms with Crippen molar-refractivity contribution in [3.05, 3.63) is 58.6 Å². The van der Waals surface area contributed by atoms with E-state index in [1.165, 1.54) is 18.7 Å². The summed E-state index contributed by atoms with van der Waals surface area (Å²) >= 11 is 7.37. The van der Waals surface area contributed by atoms with Gasteiger partial charge in [0.05, 0.1) is 29.3 Å². The minimum Gasteiger partial charge on any atom is -0.325 e. The fourth-order valence-electron chi connectivity index (χ4n) is 3.87. The van der Waals surface area contributed by atoms with Gasteiger partial charge in [-0.15, -0.1) is 0 Å². The third-order valence-corrected chi connectivity index (χ3v) is 8.59. The zero-order chi connectivity index (χ0) is 23.0. The van der Waals surface area contributed by atoms with Gasteiger partial charge in [-0.3, -0.25) is 14.6 Å². The molecule has 32 heavy (non-hydrogen) atoms. The number of carbonyl (C=O) groups excluding carboxylic acids is 2. The molecule has 2 aliphatic rings. The minimum absolute atomic E-state index is 0.0105. The highest BCUT2D eigenvalue weighted by Gasteiger charge is 2.47. The normalized spacial score (nSPS) is 21.2. The summed E-state index contributed by atoms with van der Waals surface area (Å²) in [6.07, 6.45) is 0. The van der Waals surface area contributed by atoms with Crippen molar-refractivity contribution in [3.8, 4) is 0 Å². The Balaban J connectivity index is 1.54. The number of sulfone groups is 1. The molecule has 0 bridgehead atoms. The zero-order valence-electron chi connectivity index (χ0n) is 17.5. The van der Waals surface area contributed by atoms with Crippen LogP contribution in [0.15, 0.2) is 47.5 Å². The van der Waals surface area contributed by atoms with E-state index in [4.69, 9.17) is 11.6 Å². The number of thioether (sulfide) groups is 1. The van der Waals surface area contributed by atoms with Crippen molar-refractivity contribution in [1.29, 1.82) is 0 Å². The maximum absolute atomic E-state index is 12.6. The Morgan fingerprint density at radius 3 is 2.72 bits per heavy atom. The summed E-state index contributed by atoms with van der Waals surface area (Å²) in [5, 5.41) is 4.01. The van der Waals surface area contributed by atoms with Gasteiger partial charge in [0.15, 0.2) is 20.8 Å². The standard InChI is InChI=1S/C22H22ClN3O4S2/c1-13-17(23)7-4-8-18(13)24-21(28)10-31-22-25-19-11-32(29,30)12-20(19)26(22)16-6-3-5-15(9-16)14(2)27/h3-9,19-20H,10-12H2,1-2H3,(H,24,28)/t19-,20-/m1/s1. The maximum Gasteiger partial charge on any atom is 0.234 e. The number of ketones is 1. The van der Waals surface area contributed by atoms with Crippen molar-refractivity contribution in [2.24, 2.45) is 4.99 Å². The van der Waals surface area contributed by atoms with Crippen LogP contribution in [0, 0.1) is 6.92 Å². The molecule has 7 nitrogen and oxygen atoms in total. The predicted molar refractivity (Wildman–Crippen MR) is 130 cm³/mol. The van der Waals surface area contributed by atoms with Gasteiger partial charge in [-0.2, -0.15) is 0 Å². The summed E-state index contributed by atoms with van der Waals surface area (Å²) < 4.78 is 24.4. The molecule has 0 spiro atoms. The van der Waals surface area contributed by atoms with Gasteiger partial charge >= 0.3 is 0 Å². The molecule has 0 aliphatic carbocycles. The summed E-state index contributed by atoms with van der Waals surface area (Å²) in [5.74, 6) is -0.226. The second kappa shape index (κ2) is 8.88. The van der Waals surface area contributed by atoms with Crippen molar-refractivity contribution in [3.63, 3.8) is 0 Å². The van der Waals surface area contributed by atoms with E-state index < -0.39 is 9.84 Å². The fourth-order valence-corrected chi connectivity index (χ4v) is 6.81. The van der Waals surface area contributed by atoms with Crippen LogP contribution in [0.4, 0.5) is 11.4 Å². The topological polar surface area (TPSA) is 95.9 Å². The maximum atomic E-state index is 12.6. The molecule has 2 atom stereocenters. The SMILES string of the molecule is CC(=O)c1cccc(N2C(SCC(=O)Nc3cccc(Cl)c3C)=N[C@@H]3CS(=O)(=O)C[C@H]32)c1. The highest BCUT2D eigenvalue weighted by atomic mass is 35.5. The lowest BCUT2D eigenvalue weighted by molar-refractivity contribution is -0.113. The summed E-state index contributed by atoms with van der Waals surface area (Å²) in [5.41, 5.74) is 2.66. The summed E-state index contributed by atoms with van der Waals surface area (Å²) in [7, 11) is -3.19. The smallest absolute Gasteiger partial charge is 0.234 e. The Morgan fingerprint density at radius 2 is 1.97 bits per heavy atom. The van der Waals surface area contributed by atoms with E-state index in [1.807, 2.05) is 17.9 Å². The van der Waals surface area contributed by atoms with Gasteiger partial charge < -0.3 is 10.2 Å². The van der Waals surface area contributed by atoms with Crippen LogP contribution in [0.25, 0.3) is 0 Å². The number of hydrogen-bond donors (Lipinski definition) is 1. The largest absolute Gasteiger partial charge is 0.325 e. The molecule has 0 radical (unpaired) electrons. The molecule has 0 aromatic heterocycles. The monoisotopic (exact) mass is 491 g/mol. The molecule has 4 rings (SSSR count). The average Bonchev–Trinajstić information content (AvgIpc) is 3.21. The number of benzene rings is 2. The van der Waals surface area contributed by atoms with Gasteiger partial charge in [0.25, 0.3) is 0 Å². The van der Waals surface area contributed by atoms with E-state index in [1.54, 1.807) is 36.4 Å². The summed E-state index contributed by atoms with van der Waals surface area (Å²) in [4.78, 5) is 30.9. The van der Waals surface area contributed by atoms with Crippen LogP contribution in [0.5, 0.6) is 0 Å². The molecule has 10 heteroatoms. The first-order chi connectivity index (χ1) is 15.1. The van der Waals surface area contributed by atoms with Gasteiger partial charge in [0, 0.05) is 22.0 Å². The zero-order valence-corrected chi connectivity index (χ0v) is 19.9. The van der Waals surface area contributed by atoms with Crippen LogP contribution in [-0.4, -0.2) is 54.6 Å². The molecular weight excluding hydrogens is 470 g/mol. The number of amidine groups is 1. The molecule has 168 valence electrons. The number of rotatable bonds is 5. The van der Waals surface area contributed by atoms with Gasteiger partial charge in [0.1, 0.15) is 0 Å². The molecule has 1 fully saturated rings. The van der Waals surface area contributed by atoms with Crippen molar-refractivity contribution < 1.29 is 18.0 Å². The summed E-state index contributed by atoms with van der Waals surface area (Å²) in [6, 6.07) is 11.6. The second-order valence-electron chi connectivity index (χ2n) is 7.85. The molecule has 1 amide bonds. The third kappa shape index (κ3) is 4.69. The highest BCUT2D eigenvalue weighted by molar-refractivity contribution is 8.14. The lowest BCUT2D eigenvalue weighted by Crippen LogP contribution is -2.39. The first kappa shape index (κ1) is 22.8. The lowest BCUT2D eigenvalue weighted by atomic mass is 10.1. The number of fused-ring (bicyclic) bond motifs is 1. The average molecular weight is 492 g/mol. The van der Waals surface area contributed by atoms with Gasteiger partial charge in [-0.25, -0.2) is 8.42 Å². The van der Waals surface area contributed by atoms with Crippen LogP contribution in [0.3, 0.4) is 0 Å². The summed E-state index contributed by atoms with van der Waals surface area (Å²) in [6.45, 7) is 3.31. The number of nitrogens with zero attached hydrogens (tertiary/aromatic N) is 2. The number of halogens is 1. The number of Topliss-reactive ketones (excluding diaryl/α,β-unsaturated/α-hetero) is 1. The number of anilines is 2. The Hall–Kier alpha value is -2.36. The van der Waals surface area contributed by atoms with Crippen LogP contribution >= 0.6 is 23.4 Å². The number of carbonyl (C=O) groups is 2. The van der Waals surface area contributed by atoms with E-state index >= 15 is 0 Å². The van der Waals surface area contributed by atoms with E-state index in [2.05, 4.69) is 10.3 Å². The lowest BCUT2D eigenvalue weighted by Gasteiger charge is -2.26. The van der Waals surface area contributed by atoms with Crippen molar-refractivity contribution in [2.75, 3.05) is 27.5 Å². The molecule has 2 aromatic rings.